The number of benzene rings is 2. The van der Waals surface area contributed by atoms with Crippen molar-refractivity contribution in [2.75, 3.05) is 11.4 Å². The highest BCUT2D eigenvalue weighted by molar-refractivity contribution is 14.1. The summed E-state index contributed by atoms with van der Waals surface area (Å²) in [6.07, 6.45) is 2.64. The van der Waals surface area contributed by atoms with E-state index < -0.39 is 0 Å². The Bertz CT molecular complexity index is 1180. The Morgan fingerprint density at radius 3 is 2.64 bits per heavy atom. The molecule has 142 valence electrons. The molecule has 28 heavy (non-hydrogen) atoms. The van der Waals surface area contributed by atoms with E-state index >= 15 is 0 Å². The van der Waals surface area contributed by atoms with E-state index in [-0.39, 0.29) is 11.5 Å². The molecule has 0 radical (unpaired) electrons. The third-order valence-electron chi connectivity index (χ3n) is 4.94. The van der Waals surface area contributed by atoms with Gasteiger partial charge in [-0.3, -0.25) is 14.2 Å². The van der Waals surface area contributed by atoms with Crippen LogP contribution in [0.1, 0.15) is 31.7 Å². The summed E-state index contributed by atoms with van der Waals surface area (Å²) < 4.78 is 2.62. The average Bonchev–Trinajstić information content (AvgIpc) is 2.95. The Labute approximate surface area is 176 Å². The van der Waals surface area contributed by atoms with Crippen molar-refractivity contribution in [1.29, 1.82) is 0 Å². The molecule has 6 heteroatoms. The fourth-order valence-electron chi connectivity index (χ4n) is 3.65. The van der Waals surface area contributed by atoms with Crippen LogP contribution < -0.4 is 10.5 Å². The van der Waals surface area contributed by atoms with Crippen LogP contribution in [0, 0.1) is 3.57 Å². The summed E-state index contributed by atoms with van der Waals surface area (Å²) in [4.78, 5) is 32.6. The van der Waals surface area contributed by atoms with Gasteiger partial charge in [0.2, 0.25) is 0 Å². The maximum absolute atomic E-state index is 13.1. The van der Waals surface area contributed by atoms with E-state index in [4.69, 9.17) is 4.98 Å². The van der Waals surface area contributed by atoms with Crippen LogP contribution in [0.4, 0.5) is 5.69 Å². The highest BCUT2D eigenvalue weighted by Crippen LogP contribution is 2.37. The average molecular weight is 485 g/mol. The van der Waals surface area contributed by atoms with Gasteiger partial charge in [-0.2, -0.15) is 0 Å². The largest absolute Gasteiger partial charge is 0.308 e. The zero-order chi connectivity index (χ0) is 19.8. The molecule has 2 aromatic carbocycles. The molecule has 0 saturated heterocycles. The Morgan fingerprint density at radius 1 is 1.11 bits per heavy atom. The molecule has 0 unspecified atom stereocenters. The minimum absolute atomic E-state index is 0.0392. The molecule has 0 bridgehead atoms. The topological polar surface area (TPSA) is 55.2 Å². The first-order valence-corrected chi connectivity index (χ1v) is 10.5. The Kier molecular flexibility index (Phi) is 5.05. The maximum atomic E-state index is 13.1. The minimum Gasteiger partial charge on any atom is -0.308 e. The molecular formula is C22H20IN3O2. The van der Waals surface area contributed by atoms with Gasteiger partial charge >= 0.3 is 0 Å². The summed E-state index contributed by atoms with van der Waals surface area (Å²) in [5.74, 6) is 0.473. The van der Waals surface area contributed by atoms with Crippen LogP contribution in [-0.4, -0.2) is 22.0 Å². The van der Waals surface area contributed by atoms with E-state index in [1.54, 1.807) is 15.5 Å². The Morgan fingerprint density at radius 2 is 1.89 bits per heavy atom. The lowest BCUT2D eigenvalue weighted by Gasteiger charge is -2.15. The minimum atomic E-state index is -0.0815. The lowest BCUT2D eigenvalue weighted by atomic mass is 10.1. The van der Waals surface area contributed by atoms with Crippen molar-refractivity contribution in [1.82, 2.24) is 9.55 Å². The van der Waals surface area contributed by atoms with E-state index in [0.29, 0.717) is 35.4 Å². The predicted octanol–water partition coefficient (Wildman–Crippen LogP) is 4.32. The SMILES string of the molecule is CCCN1C(=O)C(=Cc2nc3ccc(I)cc3c(=O)n2CC)c2ccccc21. The molecule has 1 amide bonds. The first-order chi connectivity index (χ1) is 13.5. The van der Waals surface area contributed by atoms with Gasteiger partial charge in [0.15, 0.2) is 0 Å². The second kappa shape index (κ2) is 7.50. The molecule has 1 aliphatic rings. The van der Waals surface area contributed by atoms with Crippen molar-refractivity contribution in [3.63, 3.8) is 0 Å². The van der Waals surface area contributed by atoms with Gasteiger partial charge in [-0.15, -0.1) is 0 Å². The molecule has 3 aromatic rings. The van der Waals surface area contributed by atoms with Crippen LogP contribution in [0.2, 0.25) is 0 Å². The van der Waals surface area contributed by atoms with Gasteiger partial charge < -0.3 is 4.90 Å². The molecule has 0 N–H and O–H groups in total. The number of hydrogen-bond donors (Lipinski definition) is 0. The summed E-state index contributed by atoms with van der Waals surface area (Å²) in [5, 5.41) is 0.599. The number of aromatic nitrogens is 2. The molecule has 1 aromatic heterocycles. The van der Waals surface area contributed by atoms with Gasteiger partial charge in [-0.1, -0.05) is 25.1 Å². The summed E-state index contributed by atoms with van der Waals surface area (Å²) >= 11 is 2.19. The summed E-state index contributed by atoms with van der Waals surface area (Å²) in [6.45, 7) is 5.12. The van der Waals surface area contributed by atoms with Gasteiger partial charge in [-0.25, -0.2) is 4.98 Å². The lowest BCUT2D eigenvalue weighted by molar-refractivity contribution is -0.113. The van der Waals surface area contributed by atoms with Gasteiger partial charge in [0.25, 0.3) is 11.5 Å². The van der Waals surface area contributed by atoms with Crippen molar-refractivity contribution in [2.24, 2.45) is 0 Å². The highest BCUT2D eigenvalue weighted by atomic mass is 127. The van der Waals surface area contributed by atoms with Crippen LogP contribution in [0.3, 0.4) is 0 Å². The second-order valence-electron chi connectivity index (χ2n) is 6.71. The van der Waals surface area contributed by atoms with Gasteiger partial charge in [0.1, 0.15) is 5.82 Å². The number of carbonyl (C=O) groups is 1. The highest BCUT2D eigenvalue weighted by Gasteiger charge is 2.31. The van der Waals surface area contributed by atoms with Gasteiger partial charge in [-0.05, 0) is 66.3 Å². The van der Waals surface area contributed by atoms with E-state index in [0.717, 1.165) is 21.2 Å². The Balaban J connectivity index is 1.94. The van der Waals surface area contributed by atoms with Crippen molar-refractivity contribution < 1.29 is 4.79 Å². The molecule has 0 spiro atoms. The van der Waals surface area contributed by atoms with Gasteiger partial charge in [0.05, 0.1) is 22.2 Å². The number of hydrogen-bond acceptors (Lipinski definition) is 3. The molecule has 0 aliphatic carbocycles. The number of nitrogens with zero attached hydrogens (tertiary/aromatic N) is 3. The normalized spacial score (nSPS) is 14.9. The van der Waals surface area contributed by atoms with E-state index in [2.05, 4.69) is 29.5 Å². The summed E-state index contributed by atoms with van der Waals surface area (Å²) in [7, 11) is 0. The number of anilines is 1. The van der Waals surface area contributed by atoms with Crippen LogP contribution in [0.15, 0.2) is 47.3 Å². The molecule has 5 nitrogen and oxygen atoms in total. The number of halogens is 1. The standard InChI is InChI=1S/C22H20IN3O2/c1-3-11-26-19-8-6-5-7-15(19)16(21(26)27)13-20-24-18-10-9-14(23)12-17(18)22(28)25(20)4-2/h5-10,12-13H,3-4,11H2,1-2H3. The maximum Gasteiger partial charge on any atom is 0.261 e. The van der Waals surface area contributed by atoms with E-state index in [1.165, 1.54) is 0 Å². The number of amides is 1. The monoisotopic (exact) mass is 485 g/mol. The zero-order valence-corrected chi connectivity index (χ0v) is 17.9. The van der Waals surface area contributed by atoms with Crippen LogP contribution >= 0.6 is 22.6 Å². The first kappa shape index (κ1) is 18.9. The molecular weight excluding hydrogens is 465 g/mol. The van der Waals surface area contributed by atoms with Crippen LogP contribution in [0.5, 0.6) is 0 Å². The smallest absolute Gasteiger partial charge is 0.261 e. The molecule has 4 rings (SSSR count). The van der Waals surface area contributed by atoms with Crippen LogP contribution in [0.25, 0.3) is 22.6 Å². The van der Waals surface area contributed by atoms with E-state index in [1.807, 2.05) is 49.4 Å². The van der Waals surface area contributed by atoms with Crippen molar-refractivity contribution in [3.8, 4) is 0 Å². The molecule has 1 aliphatic heterocycles. The van der Waals surface area contributed by atoms with Crippen LogP contribution in [-0.2, 0) is 11.3 Å². The number of para-hydroxylation sites is 1. The van der Waals surface area contributed by atoms with Crippen molar-refractivity contribution >= 4 is 56.7 Å². The third-order valence-corrected chi connectivity index (χ3v) is 5.61. The van der Waals surface area contributed by atoms with Crippen molar-refractivity contribution in [3.05, 3.63) is 67.8 Å². The van der Waals surface area contributed by atoms with Crippen molar-refractivity contribution in [2.45, 2.75) is 26.8 Å². The molecule has 0 fully saturated rings. The van der Waals surface area contributed by atoms with E-state index in [9.17, 15) is 9.59 Å². The second-order valence-corrected chi connectivity index (χ2v) is 7.96. The number of fused-ring (bicyclic) bond motifs is 2. The summed E-state index contributed by atoms with van der Waals surface area (Å²) in [5.41, 5.74) is 2.96. The predicted molar refractivity (Wildman–Crippen MR) is 121 cm³/mol. The number of carbonyl (C=O) groups excluding carboxylic acids is 1. The Hall–Kier alpha value is -2.48. The first-order valence-electron chi connectivity index (χ1n) is 9.38. The number of rotatable bonds is 4. The zero-order valence-electron chi connectivity index (χ0n) is 15.8. The fourth-order valence-corrected chi connectivity index (χ4v) is 4.14. The quantitative estimate of drug-likeness (QED) is 0.409. The third kappa shape index (κ3) is 3.05. The fraction of sp³-hybridized carbons (Fsp3) is 0.227. The molecule has 2 heterocycles. The molecule has 0 atom stereocenters. The lowest BCUT2D eigenvalue weighted by Crippen LogP contribution is -2.27. The molecule has 0 saturated carbocycles. The van der Waals surface area contributed by atoms with Gasteiger partial charge in [0, 0.05) is 22.2 Å². The summed E-state index contributed by atoms with van der Waals surface area (Å²) in [6, 6.07) is 13.4.